The average molecular weight is 296 g/mol. The third kappa shape index (κ3) is 3.03. The summed E-state index contributed by atoms with van der Waals surface area (Å²) in [6.07, 6.45) is -0.0403. The zero-order valence-corrected chi connectivity index (χ0v) is 12.8. The van der Waals surface area contributed by atoms with E-state index in [1.807, 2.05) is 29.7 Å². The van der Waals surface area contributed by atoms with Crippen molar-refractivity contribution in [1.29, 1.82) is 0 Å². The lowest BCUT2D eigenvalue weighted by Gasteiger charge is -2.15. The number of aromatic amines is 1. The summed E-state index contributed by atoms with van der Waals surface area (Å²) in [5.74, 6) is 0.815. The molecule has 1 heterocycles. The van der Waals surface area contributed by atoms with Crippen molar-refractivity contribution in [2.75, 3.05) is 27.4 Å². The van der Waals surface area contributed by atoms with Crippen molar-refractivity contribution in [1.82, 2.24) is 9.55 Å². The summed E-state index contributed by atoms with van der Waals surface area (Å²) >= 11 is 5.40. The SMILES string of the molecule is CCOc1cccc2c1[nH]c(=S)n2CC(COC)OC. The lowest BCUT2D eigenvalue weighted by Crippen LogP contribution is -2.23. The second-order valence-electron chi connectivity index (χ2n) is 4.44. The van der Waals surface area contributed by atoms with Gasteiger partial charge in [0.15, 0.2) is 4.77 Å². The van der Waals surface area contributed by atoms with Crippen LogP contribution < -0.4 is 4.74 Å². The quantitative estimate of drug-likeness (QED) is 0.798. The van der Waals surface area contributed by atoms with E-state index in [-0.39, 0.29) is 6.10 Å². The Hall–Kier alpha value is -1.37. The Balaban J connectivity index is 2.41. The van der Waals surface area contributed by atoms with E-state index in [2.05, 4.69) is 4.98 Å². The number of H-pyrrole nitrogens is 1. The number of nitrogens with one attached hydrogen (secondary N) is 1. The van der Waals surface area contributed by atoms with Gasteiger partial charge in [0.05, 0.1) is 31.4 Å². The molecule has 0 amide bonds. The molecule has 0 bridgehead atoms. The lowest BCUT2D eigenvalue weighted by molar-refractivity contribution is 0.0188. The van der Waals surface area contributed by atoms with Gasteiger partial charge in [0.1, 0.15) is 11.3 Å². The molecule has 1 aromatic heterocycles. The number of aromatic nitrogens is 2. The fourth-order valence-electron chi connectivity index (χ4n) is 2.20. The van der Waals surface area contributed by atoms with Gasteiger partial charge in [0.25, 0.3) is 0 Å². The Morgan fingerprint density at radius 3 is 2.80 bits per heavy atom. The third-order valence-corrected chi connectivity index (χ3v) is 3.47. The predicted octanol–water partition coefficient (Wildman–Crippen LogP) is 2.76. The van der Waals surface area contributed by atoms with Gasteiger partial charge in [-0.2, -0.15) is 0 Å². The number of hydrogen-bond acceptors (Lipinski definition) is 4. The summed E-state index contributed by atoms with van der Waals surface area (Å²) in [4.78, 5) is 3.21. The van der Waals surface area contributed by atoms with E-state index in [0.717, 1.165) is 16.8 Å². The molecular weight excluding hydrogens is 276 g/mol. The monoisotopic (exact) mass is 296 g/mol. The molecule has 5 nitrogen and oxygen atoms in total. The molecule has 20 heavy (non-hydrogen) atoms. The minimum absolute atomic E-state index is 0.0403. The van der Waals surface area contributed by atoms with Crippen molar-refractivity contribution in [2.45, 2.75) is 19.6 Å². The van der Waals surface area contributed by atoms with E-state index in [1.165, 1.54) is 0 Å². The molecule has 1 unspecified atom stereocenters. The molecule has 1 atom stereocenters. The molecule has 0 spiro atoms. The van der Waals surface area contributed by atoms with Crippen LogP contribution in [0.15, 0.2) is 18.2 Å². The minimum Gasteiger partial charge on any atom is -0.492 e. The van der Waals surface area contributed by atoms with Crippen LogP contribution in [-0.2, 0) is 16.0 Å². The lowest BCUT2D eigenvalue weighted by atomic mass is 10.3. The van der Waals surface area contributed by atoms with Crippen LogP contribution in [0, 0.1) is 4.77 Å². The number of fused-ring (bicyclic) bond motifs is 1. The molecule has 0 fully saturated rings. The largest absolute Gasteiger partial charge is 0.492 e. The zero-order chi connectivity index (χ0) is 14.5. The highest BCUT2D eigenvalue weighted by molar-refractivity contribution is 7.71. The highest BCUT2D eigenvalue weighted by atomic mass is 32.1. The molecule has 0 aliphatic heterocycles. The predicted molar refractivity (Wildman–Crippen MR) is 81.0 cm³/mol. The Labute approximate surface area is 123 Å². The first-order valence-electron chi connectivity index (χ1n) is 6.57. The molecule has 2 rings (SSSR count). The van der Waals surface area contributed by atoms with Gasteiger partial charge in [-0.15, -0.1) is 0 Å². The van der Waals surface area contributed by atoms with Crippen molar-refractivity contribution in [3.05, 3.63) is 23.0 Å². The van der Waals surface area contributed by atoms with Gasteiger partial charge >= 0.3 is 0 Å². The van der Waals surface area contributed by atoms with Crippen LogP contribution >= 0.6 is 12.2 Å². The Morgan fingerprint density at radius 2 is 2.15 bits per heavy atom. The van der Waals surface area contributed by atoms with Crippen molar-refractivity contribution >= 4 is 23.3 Å². The molecule has 110 valence electrons. The summed E-state index contributed by atoms with van der Waals surface area (Å²) in [6.45, 7) is 3.74. The van der Waals surface area contributed by atoms with Gasteiger partial charge in [0.2, 0.25) is 0 Å². The zero-order valence-electron chi connectivity index (χ0n) is 12.0. The number of rotatable bonds is 7. The Morgan fingerprint density at radius 1 is 1.35 bits per heavy atom. The van der Waals surface area contributed by atoms with Crippen molar-refractivity contribution in [2.24, 2.45) is 0 Å². The van der Waals surface area contributed by atoms with Gasteiger partial charge < -0.3 is 23.8 Å². The number of ether oxygens (including phenoxy) is 3. The fourth-order valence-corrected chi connectivity index (χ4v) is 2.47. The highest BCUT2D eigenvalue weighted by Crippen LogP contribution is 2.25. The van der Waals surface area contributed by atoms with E-state index < -0.39 is 0 Å². The fraction of sp³-hybridized carbons (Fsp3) is 0.500. The number of methoxy groups -OCH3 is 2. The van der Waals surface area contributed by atoms with E-state index >= 15 is 0 Å². The molecule has 0 saturated heterocycles. The number of nitrogens with zero attached hydrogens (tertiary/aromatic N) is 1. The Kier molecular flexibility index (Phi) is 5.17. The van der Waals surface area contributed by atoms with Crippen molar-refractivity contribution in [3.8, 4) is 5.75 Å². The molecule has 0 aliphatic carbocycles. The van der Waals surface area contributed by atoms with Gasteiger partial charge in [0, 0.05) is 14.2 Å². The molecular formula is C14H20N2O3S. The molecule has 1 aromatic carbocycles. The van der Waals surface area contributed by atoms with Gasteiger partial charge in [-0.3, -0.25) is 0 Å². The summed E-state index contributed by atoms with van der Waals surface area (Å²) in [5, 5.41) is 0. The smallest absolute Gasteiger partial charge is 0.178 e. The molecule has 6 heteroatoms. The first-order chi connectivity index (χ1) is 9.71. The molecule has 0 saturated carbocycles. The summed E-state index contributed by atoms with van der Waals surface area (Å²) < 4.78 is 18.9. The second-order valence-corrected chi connectivity index (χ2v) is 4.82. The summed E-state index contributed by atoms with van der Waals surface area (Å²) in [7, 11) is 3.33. The van der Waals surface area contributed by atoms with E-state index in [4.69, 9.17) is 26.4 Å². The normalized spacial score (nSPS) is 12.8. The maximum Gasteiger partial charge on any atom is 0.178 e. The Bertz CT molecular complexity index is 620. The average Bonchev–Trinajstić information content (AvgIpc) is 2.76. The topological polar surface area (TPSA) is 48.4 Å². The van der Waals surface area contributed by atoms with E-state index in [1.54, 1.807) is 14.2 Å². The van der Waals surface area contributed by atoms with Crippen LogP contribution in [0.25, 0.3) is 11.0 Å². The van der Waals surface area contributed by atoms with Gasteiger partial charge in [-0.05, 0) is 31.3 Å². The summed E-state index contributed by atoms with van der Waals surface area (Å²) in [5.41, 5.74) is 1.94. The molecule has 0 radical (unpaired) electrons. The first-order valence-corrected chi connectivity index (χ1v) is 6.98. The van der Waals surface area contributed by atoms with Crippen LogP contribution in [0.2, 0.25) is 0 Å². The van der Waals surface area contributed by atoms with Crippen LogP contribution in [0.4, 0.5) is 0 Å². The summed E-state index contributed by atoms with van der Waals surface area (Å²) in [6, 6.07) is 5.92. The van der Waals surface area contributed by atoms with Gasteiger partial charge in [-0.25, -0.2) is 0 Å². The number of imidazole rings is 1. The van der Waals surface area contributed by atoms with Crippen LogP contribution in [0.3, 0.4) is 0 Å². The second kappa shape index (κ2) is 6.88. The van der Waals surface area contributed by atoms with Crippen molar-refractivity contribution < 1.29 is 14.2 Å². The van der Waals surface area contributed by atoms with Crippen molar-refractivity contribution in [3.63, 3.8) is 0 Å². The molecule has 2 aromatic rings. The number of para-hydroxylation sites is 1. The standard InChI is InChI=1S/C14H20N2O3S/c1-4-19-12-7-5-6-11-13(12)15-14(20)16(11)8-10(18-3)9-17-2/h5-7,10H,4,8-9H2,1-3H3,(H,15,20). The number of hydrogen-bond donors (Lipinski definition) is 1. The maximum atomic E-state index is 5.62. The highest BCUT2D eigenvalue weighted by Gasteiger charge is 2.13. The molecule has 0 aliphatic rings. The molecule has 1 N–H and O–H groups in total. The van der Waals surface area contributed by atoms with E-state index in [0.29, 0.717) is 24.5 Å². The van der Waals surface area contributed by atoms with Crippen LogP contribution in [0.5, 0.6) is 5.75 Å². The first kappa shape index (κ1) is 15.0. The van der Waals surface area contributed by atoms with Crippen LogP contribution in [-0.4, -0.2) is 43.1 Å². The third-order valence-electron chi connectivity index (χ3n) is 3.14. The van der Waals surface area contributed by atoms with Gasteiger partial charge in [-0.1, -0.05) is 6.07 Å². The van der Waals surface area contributed by atoms with Crippen LogP contribution in [0.1, 0.15) is 6.92 Å². The van der Waals surface area contributed by atoms with E-state index in [9.17, 15) is 0 Å². The minimum atomic E-state index is -0.0403. The maximum absolute atomic E-state index is 5.62. The number of benzene rings is 1.